The van der Waals surface area contributed by atoms with Crippen LogP contribution in [-0.2, 0) is 33.5 Å². The van der Waals surface area contributed by atoms with Gasteiger partial charge in [-0.3, -0.25) is 29.0 Å². The number of carboxylic acids is 1. The first-order valence-electron chi connectivity index (χ1n) is 23.8. The Morgan fingerprint density at radius 1 is 0.652 bits per heavy atom. The van der Waals surface area contributed by atoms with Gasteiger partial charge >= 0.3 is 30.8 Å². The molecule has 16 heteroatoms. The van der Waals surface area contributed by atoms with E-state index in [4.69, 9.17) is 4.74 Å². The SMILES string of the molecule is C/C(=C\[C@H](C(C)C)N(C)C(=O)[C@@H](NC(=O)[C@H]1CCCCN1C(C)C)C(C)(C)C)C(=O)O.CCOC(=O)/C(C)=C/[C@H](C(C)C)N(C)C(=O)[C@@H](NC(=O)[C@H]1CCCCN1C(C)C)C(C)(C)C.[Li+].[OH-]. The molecule has 0 aromatic heterocycles. The Morgan fingerprint density at radius 2 is 0.985 bits per heavy atom. The molecule has 6 atom stereocenters. The topological polar surface area (TPSA) is 199 Å². The van der Waals surface area contributed by atoms with Crippen LogP contribution in [0.1, 0.15) is 156 Å². The van der Waals surface area contributed by atoms with E-state index < -0.39 is 28.9 Å². The molecule has 0 unspecified atom stereocenters. The maximum atomic E-state index is 13.7. The van der Waals surface area contributed by atoms with Gasteiger partial charge in [-0.25, -0.2) is 9.59 Å². The predicted molar refractivity (Wildman–Crippen MR) is 258 cm³/mol. The van der Waals surface area contributed by atoms with Gasteiger partial charge in [0.25, 0.3) is 0 Å². The molecule has 0 aromatic rings. The summed E-state index contributed by atoms with van der Waals surface area (Å²) < 4.78 is 5.10. The molecule has 15 nitrogen and oxygen atoms in total. The zero-order chi connectivity index (χ0) is 49.6. The number of carboxylic acid groups (broad SMARTS) is 1. The number of piperidine rings is 2. The van der Waals surface area contributed by atoms with Gasteiger partial charge in [-0.2, -0.15) is 0 Å². The number of esters is 1. The van der Waals surface area contributed by atoms with E-state index in [0.29, 0.717) is 12.2 Å². The summed E-state index contributed by atoms with van der Waals surface area (Å²) in [6, 6.07) is -1.98. The molecule has 4 amide bonds. The van der Waals surface area contributed by atoms with Gasteiger partial charge in [-0.1, -0.05) is 94.2 Å². The van der Waals surface area contributed by atoms with Gasteiger partial charge < -0.3 is 35.8 Å². The van der Waals surface area contributed by atoms with E-state index in [1.165, 1.54) is 6.92 Å². The van der Waals surface area contributed by atoms with Crippen LogP contribution < -0.4 is 29.5 Å². The Balaban J connectivity index is 0. The number of nitrogens with one attached hydrogen (secondary N) is 2. The average Bonchev–Trinajstić information content (AvgIpc) is 3.20. The fraction of sp³-hybridized carbons (Fsp3) is 0.800. The van der Waals surface area contributed by atoms with Crippen molar-refractivity contribution in [2.24, 2.45) is 22.7 Å². The van der Waals surface area contributed by atoms with Crippen LogP contribution in [-0.4, -0.2) is 148 Å². The molecule has 0 bridgehead atoms. The predicted octanol–water partition coefficient (Wildman–Crippen LogP) is 3.89. The standard InChI is InChI=1S/C26H47N3O4.C24H43N3O4.Li.H2O/c1-11-33-25(32)19(6)16-21(17(2)3)28(10)24(31)22(26(7,8)9)27-23(30)20-14-12-13-15-29(20)18(4)5;1-15(2)19(14-17(5)23(30)31)26(9)22(29)20(24(6,7)8)25-21(28)18-12-10-11-13-27(18)16(3)4;;/h16-18,20-22H,11-15H2,1-10H3,(H,27,30);14-16,18-20H,10-13H2,1-9H3,(H,25,28)(H,30,31);;1H2/q;;+1;/p-1/b19-16+;17-14+;;/t20-,21-,22-;18-,19-,20-;;/m11../s1. The van der Waals surface area contributed by atoms with Crippen molar-refractivity contribution in [1.29, 1.82) is 0 Å². The second-order valence-electron chi connectivity index (χ2n) is 21.4. The fourth-order valence-corrected chi connectivity index (χ4v) is 8.58. The monoisotopic (exact) mass is 927 g/mol. The van der Waals surface area contributed by atoms with E-state index in [1.807, 2.05) is 69.2 Å². The maximum absolute atomic E-state index is 13.7. The van der Waals surface area contributed by atoms with Crippen molar-refractivity contribution in [1.82, 2.24) is 30.2 Å². The Labute approximate surface area is 411 Å². The number of ether oxygens (including phenoxy) is 1. The normalized spacial score (nSPS) is 19.6. The van der Waals surface area contributed by atoms with Gasteiger partial charge in [0.15, 0.2) is 0 Å². The summed E-state index contributed by atoms with van der Waals surface area (Å²) in [6.07, 6.45) is 9.21. The van der Waals surface area contributed by atoms with Crippen LogP contribution in [0.2, 0.25) is 0 Å². The Kier molecular flexibility index (Phi) is 28.5. The zero-order valence-electron chi connectivity index (χ0n) is 44.8. The van der Waals surface area contributed by atoms with Crippen molar-refractivity contribution in [3.05, 3.63) is 23.3 Å². The van der Waals surface area contributed by atoms with Gasteiger partial charge in [-0.15, -0.1) is 0 Å². The molecule has 4 N–H and O–H groups in total. The van der Waals surface area contributed by atoms with Crippen LogP contribution in [0.25, 0.3) is 0 Å². The number of nitrogens with zero attached hydrogens (tertiary/aromatic N) is 4. The van der Waals surface area contributed by atoms with Gasteiger partial charge in [-0.05, 0) is 110 Å². The molecule has 0 aliphatic carbocycles. The average molecular weight is 927 g/mol. The largest absolute Gasteiger partial charge is 1.00 e. The molecule has 0 aromatic carbocycles. The number of carbonyl (C=O) groups excluding carboxylic acids is 5. The molecule has 66 heavy (non-hydrogen) atoms. The first-order chi connectivity index (χ1) is 29.4. The number of amides is 4. The molecule has 2 rings (SSSR count). The Morgan fingerprint density at radius 3 is 1.26 bits per heavy atom. The number of hydrogen-bond acceptors (Lipinski definition) is 10. The van der Waals surface area contributed by atoms with Gasteiger partial charge in [0.05, 0.1) is 30.8 Å². The van der Waals surface area contributed by atoms with E-state index in [9.17, 15) is 33.9 Å². The summed E-state index contributed by atoms with van der Waals surface area (Å²) in [6.45, 7) is 35.1. The van der Waals surface area contributed by atoms with Gasteiger partial charge in [0, 0.05) is 37.3 Å². The third kappa shape index (κ3) is 19.4. The molecular formula is C50H91LiN6O9. The molecule has 376 valence electrons. The number of likely N-dealkylation sites (tertiary alicyclic amines) is 2. The fourth-order valence-electron chi connectivity index (χ4n) is 8.58. The number of likely N-dealkylation sites (N-methyl/N-ethyl adjacent to an activating group) is 2. The van der Waals surface area contributed by atoms with Crippen molar-refractivity contribution in [3.63, 3.8) is 0 Å². The number of hydrogen-bond donors (Lipinski definition) is 3. The van der Waals surface area contributed by atoms with Crippen LogP contribution in [0.5, 0.6) is 0 Å². The van der Waals surface area contributed by atoms with E-state index in [-0.39, 0.29) is 108 Å². The summed E-state index contributed by atoms with van der Waals surface area (Å²) in [4.78, 5) is 85.0. The van der Waals surface area contributed by atoms with Crippen LogP contribution >= 0.6 is 0 Å². The van der Waals surface area contributed by atoms with Crippen molar-refractivity contribution in [3.8, 4) is 0 Å². The summed E-state index contributed by atoms with van der Waals surface area (Å²) in [5.41, 5.74) is -0.295. The minimum Gasteiger partial charge on any atom is -0.870 e. The molecule has 2 fully saturated rings. The number of aliphatic carboxylic acids is 1. The van der Waals surface area contributed by atoms with E-state index >= 15 is 0 Å². The van der Waals surface area contributed by atoms with Gasteiger partial charge in [0.1, 0.15) is 12.1 Å². The van der Waals surface area contributed by atoms with Crippen LogP contribution in [0.15, 0.2) is 23.3 Å². The van der Waals surface area contributed by atoms with Crippen molar-refractivity contribution in [2.75, 3.05) is 33.8 Å². The minimum absolute atomic E-state index is 0. The van der Waals surface area contributed by atoms with E-state index in [0.717, 1.165) is 51.6 Å². The molecule has 2 aliphatic heterocycles. The second-order valence-corrected chi connectivity index (χ2v) is 21.4. The summed E-state index contributed by atoms with van der Waals surface area (Å²) in [7, 11) is 3.43. The minimum atomic E-state index is -1.00. The summed E-state index contributed by atoms with van der Waals surface area (Å²) in [5, 5.41) is 15.4. The molecule has 2 heterocycles. The van der Waals surface area contributed by atoms with Crippen molar-refractivity contribution >= 4 is 35.6 Å². The van der Waals surface area contributed by atoms with Crippen molar-refractivity contribution < 1.29 is 62.9 Å². The summed E-state index contributed by atoms with van der Waals surface area (Å²) >= 11 is 0. The first kappa shape index (κ1) is 64.9. The molecule has 0 saturated carbocycles. The van der Waals surface area contributed by atoms with Crippen molar-refractivity contribution in [2.45, 2.75) is 205 Å². The van der Waals surface area contributed by atoms with Gasteiger partial charge in [0.2, 0.25) is 23.6 Å². The number of carbonyl (C=O) groups is 6. The van der Waals surface area contributed by atoms with Crippen LogP contribution in [0.3, 0.4) is 0 Å². The van der Waals surface area contributed by atoms with E-state index in [2.05, 4.69) is 48.1 Å². The van der Waals surface area contributed by atoms with E-state index in [1.54, 1.807) is 49.9 Å². The Hall–Kier alpha value is -3.22. The van der Waals surface area contributed by atoms with Crippen LogP contribution in [0.4, 0.5) is 0 Å². The first-order valence-corrected chi connectivity index (χ1v) is 23.8. The second kappa shape index (κ2) is 29.0. The van der Waals surface area contributed by atoms with Crippen LogP contribution in [0, 0.1) is 22.7 Å². The molecule has 0 spiro atoms. The summed E-state index contributed by atoms with van der Waals surface area (Å²) in [5.74, 6) is -1.83. The molecular weight excluding hydrogens is 836 g/mol. The third-order valence-corrected chi connectivity index (χ3v) is 12.6. The molecule has 0 radical (unpaired) electrons. The smallest absolute Gasteiger partial charge is 0.870 e. The molecule has 2 saturated heterocycles. The Bertz CT molecular complexity index is 1630. The zero-order valence-corrected chi connectivity index (χ0v) is 44.8. The third-order valence-electron chi connectivity index (χ3n) is 12.6. The molecule has 2 aliphatic rings. The number of rotatable bonds is 17. The quantitative estimate of drug-likeness (QED) is 0.109. The maximum Gasteiger partial charge on any atom is 1.00 e.